The highest BCUT2D eigenvalue weighted by molar-refractivity contribution is 7.13. The van der Waals surface area contributed by atoms with E-state index >= 15 is 0 Å². The van der Waals surface area contributed by atoms with Crippen molar-refractivity contribution in [2.24, 2.45) is 0 Å². The number of thiazole rings is 1. The lowest BCUT2D eigenvalue weighted by Crippen LogP contribution is -2.13. The summed E-state index contributed by atoms with van der Waals surface area (Å²) in [5.41, 5.74) is 6.62. The quantitative estimate of drug-likeness (QED) is 0.648. The zero-order valence-electron chi connectivity index (χ0n) is 9.69. The Morgan fingerprint density at radius 3 is 2.81 bits per heavy atom. The van der Waals surface area contributed by atoms with Crippen LogP contribution in [-0.2, 0) is 9.53 Å². The number of nitrogen functional groups attached to an aromatic ring is 1. The molecule has 2 N–H and O–H groups in total. The van der Waals surface area contributed by atoms with Crippen LogP contribution in [0.4, 0.5) is 5.13 Å². The van der Waals surface area contributed by atoms with Gasteiger partial charge in [-0.25, -0.2) is 9.78 Å². The average Bonchev–Trinajstić information content (AvgIpc) is 2.59. The summed E-state index contributed by atoms with van der Waals surface area (Å²) in [6, 6.07) is 0. The molecule has 4 nitrogen and oxygen atoms in total. The third-order valence-corrected chi connectivity index (χ3v) is 2.44. The highest BCUT2D eigenvalue weighted by Gasteiger charge is 2.16. The van der Waals surface area contributed by atoms with Crippen molar-refractivity contribution >= 4 is 28.0 Å². The van der Waals surface area contributed by atoms with Crippen molar-refractivity contribution in [3.63, 3.8) is 0 Å². The molecule has 16 heavy (non-hydrogen) atoms. The van der Waals surface area contributed by atoms with Crippen molar-refractivity contribution < 1.29 is 9.53 Å². The Kier molecular flexibility index (Phi) is 4.49. The average molecular weight is 240 g/mol. The molecule has 0 bridgehead atoms. The first-order valence-electron chi connectivity index (χ1n) is 5.17. The van der Waals surface area contributed by atoms with E-state index in [0.717, 1.165) is 6.42 Å². The number of nitrogens with two attached hydrogens (primary N) is 1. The zero-order valence-corrected chi connectivity index (χ0v) is 10.5. The summed E-state index contributed by atoms with van der Waals surface area (Å²) in [4.78, 5) is 15.9. The summed E-state index contributed by atoms with van der Waals surface area (Å²) < 4.78 is 5.15. The third-order valence-electron chi connectivity index (χ3n) is 1.77. The molecule has 0 unspecified atom stereocenters. The summed E-state index contributed by atoms with van der Waals surface area (Å²) >= 11 is 1.31. The van der Waals surface area contributed by atoms with Crippen LogP contribution in [0.3, 0.4) is 0 Å². The van der Waals surface area contributed by atoms with Crippen LogP contribution in [-0.4, -0.2) is 17.1 Å². The van der Waals surface area contributed by atoms with Crippen LogP contribution >= 0.6 is 11.3 Å². The number of anilines is 1. The SMILES string of the molecule is CCC=C(C(=O)OC(C)C)c1csc(N)n1. The lowest BCUT2D eigenvalue weighted by Gasteiger charge is -2.09. The Balaban J connectivity index is 2.92. The molecule has 1 aromatic heterocycles. The Morgan fingerprint density at radius 2 is 2.38 bits per heavy atom. The van der Waals surface area contributed by atoms with E-state index in [9.17, 15) is 4.79 Å². The molecule has 0 saturated carbocycles. The Bertz CT molecular complexity index is 396. The fraction of sp³-hybridized carbons (Fsp3) is 0.455. The van der Waals surface area contributed by atoms with Crippen LogP contribution < -0.4 is 5.73 Å². The van der Waals surface area contributed by atoms with E-state index in [2.05, 4.69) is 4.98 Å². The molecule has 0 radical (unpaired) electrons. The number of aromatic nitrogens is 1. The normalized spacial score (nSPS) is 11.9. The van der Waals surface area contributed by atoms with Crippen LogP contribution in [0.15, 0.2) is 11.5 Å². The molecular weight excluding hydrogens is 224 g/mol. The summed E-state index contributed by atoms with van der Waals surface area (Å²) in [6.07, 6.45) is 2.42. The molecule has 0 atom stereocenters. The Morgan fingerprint density at radius 1 is 1.69 bits per heavy atom. The Labute approximate surface area is 99.1 Å². The van der Waals surface area contributed by atoms with Gasteiger partial charge in [-0.05, 0) is 20.3 Å². The minimum atomic E-state index is -0.345. The molecule has 0 fully saturated rings. The fourth-order valence-electron chi connectivity index (χ4n) is 1.19. The number of carbonyl (C=O) groups is 1. The molecule has 0 saturated heterocycles. The van der Waals surface area contributed by atoms with Gasteiger partial charge in [-0.1, -0.05) is 13.0 Å². The molecule has 1 rings (SSSR count). The maximum absolute atomic E-state index is 11.8. The molecule has 5 heteroatoms. The van der Waals surface area contributed by atoms with Crippen molar-refractivity contribution in [3.05, 3.63) is 17.2 Å². The van der Waals surface area contributed by atoms with E-state index in [-0.39, 0.29) is 12.1 Å². The van der Waals surface area contributed by atoms with E-state index in [1.54, 1.807) is 11.5 Å². The van der Waals surface area contributed by atoms with Crippen LogP contribution in [0.1, 0.15) is 32.9 Å². The van der Waals surface area contributed by atoms with E-state index in [1.807, 2.05) is 20.8 Å². The first-order chi connectivity index (χ1) is 7.54. The monoisotopic (exact) mass is 240 g/mol. The number of allylic oxidation sites excluding steroid dienone is 1. The predicted octanol–water partition coefficient (Wildman–Crippen LogP) is 2.47. The van der Waals surface area contributed by atoms with Gasteiger partial charge in [0.05, 0.1) is 17.4 Å². The van der Waals surface area contributed by atoms with Gasteiger partial charge in [0, 0.05) is 5.38 Å². The van der Waals surface area contributed by atoms with Crippen LogP contribution in [0, 0.1) is 0 Å². The van der Waals surface area contributed by atoms with Crippen molar-refractivity contribution in [1.82, 2.24) is 4.98 Å². The van der Waals surface area contributed by atoms with Gasteiger partial charge in [0.25, 0.3) is 0 Å². The summed E-state index contributed by atoms with van der Waals surface area (Å²) in [5.74, 6) is -0.345. The second kappa shape index (κ2) is 5.65. The van der Waals surface area contributed by atoms with Gasteiger partial charge in [-0.15, -0.1) is 11.3 Å². The number of esters is 1. The number of hydrogen-bond donors (Lipinski definition) is 1. The van der Waals surface area contributed by atoms with Gasteiger partial charge >= 0.3 is 5.97 Å². The van der Waals surface area contributed by atoms with Crippen molar-refractivity contribution in [2.45, 2.75) is 33.3 Å². The van der Waals surface area contributed by atoms with E-state index in [4.69, 9.17) is 10.5 Å². The van der Waals surface area contributed by atoms with Gasteiger partial charge in [-0.2, -0.15) is 0 Å². The Hall–Kier alpha value is -1.36. The van der Waals surface area contributed by atoms with Crippen molar-refractivity contribution in [1.29, 1.82) is 0 Å². The highest BCUT2D eigenvalue weighted by atomic mass is 32.1. The molecule has 0 aliphatic heterocycles. The highest BCUT2D eigenvalue weighted by Crippen LogP contribution is 2.21. The van der Waals surface area contributed by atoms with Crippen LogP contribution in [0.2, 0.25) is 0 Å². The zero-order chi connectivity index (χ0) is 12.1. The number of rotatable bonds is 4. The van der Waals surface area contributed by atoms with E-state index in [0.29, 0.717) is 16.4 Å². The lowest BCUT2D eigenvalue weighted by molar-refractivity contribution is -0.140. The summed E-state index contributed by atoms with van der Waals surface area (Å²) in [6.45, 7) is 5.59. The standard InChI is InChI=1S/C11H16N2O2S/c1-4-5-8(10(14)15-7(2)3)9-6-16-11(12)13-9/h5-7H,4H2,1-3H3,(H2,12,13). The van der Waals surface area contributed by atoms with E-state index < -0.39 is 0 Å². The maximum atomic E-state index is 11.8. The number of carbonyl (C=O) groups excluding carboxylic acids is 1. The van der Waals surface area contributed by atoms with Gasteiger partial charge in [0.15, 0.2) is 5.13 Å². The molecule has 0 aromatic carbocycles. The van der Waals surface area contributed by atoms with Crippen molar-refractivity contribution in [3.8, 4) is 0 Å². The maximum Gasteiger partial charge on any atom is 0.340 e. The molecular formula is C11H16N2O2S. The van der Waals surface area contributed by atoms with Gasteiger partial charge < -0.3 is 10.5 Å². The lowest BCUT2D eigenvalue weighted by atomic mass is 10.2. The minimum Gasteiger partial charge on any atom is -0.459 e. The number of nitrogens with zero attached hydrogens (tertiary/aromatic N) is 1. The minimum absolute atomic E-state index is 0.135. The second-order valence-electron chi connectivity index (χ2n) is 3.55. The predicted molar refractivity (Wildman–Crippen MR) is 66.0 cm³/mol. The molecule has 1 aromatic rings. The smallest absolute Gasteiger partial charge is 0.340 e. The molecule has 1 heterocycles. The second-order valence-corrected chi connectivity index (χ2v) is 4.44. The molecule has 0 aliphatic carbocycles. The van der Waals surface area contributed by atoms with E-state index in [1.165, 1.54) is 11.3 Å². The fourth-order valence-corrected chi connectivity index (χ4v) is 1.75. The van der Waals surface area contributed by atoms with Crippen molar-refractivity contribution in [2.75, 3.05) is 5.73 Å². The summed E-state index contributed by atoms with van der Waals surface area (Å²) in [7, 11) is 0. The van der Waals surface area contributed by atoms with Crippen LogP contribution in [0.25, 0.3) is 5.57 Å². The molecule has 88 valence electrons. The molecule has 0 aliphatic rings. The van der Waals surface area contributed by atoms with Crippen LogP contribution in [0.5, 0.6) is 0 Å². The van der Waals surface area contributed by atoms with Gasteiger partial charge in [-0.3, -0.25) is 0 Å². The van der Waals surface area contributed by atoms with Gasteiger partial charge in [0.1, 0.15) is 0 Å². The number of ether oxygens (including phenoxy) is 1. The summed E-state index contributed by atoms with van der Waals surface area (Å²) in [5, 5.41) is 2.22. The first kappa shape index (κ1) is 12.7. The van der Waals surface area contributed by atoms with Gasteiger partial charge in [0.2, 0.25) is 0 Å². The topological polar surface area (TPSA) is 65.2 Å². The largest absolute Gasteiger partial charge is 0.459 e. The first-order valence-corrected chi connectivity index (χ1v) is 6.05. The number of hydrogen-bond acceptors (Lipinski definition) is 5. The molecule has 0 spiro atoms. The third kappa shape index (κ3) is 3.34. The molecule has 0 amide bonds.